The molecule has 0 spiro atoms. The van der Waals surface area contributed by atoms with E-state index in [1.807, 2.05) is 21.1 Å². The summed E-state index contributed by atoms with van der Waals surface area (Å²) < 4.78 is 35.0. The molecular formula is C45H89NO7P+. The molecule has 0 aromatic heterocycles. The van der Waals surface area contributed by atoms with E-state index >= 15 is 0 Å². The second-order valence-corrected chi connectivity index (χ2v) is 17.9. The van der Waals surface area contributed by atoms with E-state index in [9.17, 15) is 14.3 Å². The maximum Gasteiger partial charge on any atom is 0.472 e. The van der Waals surface area contributed by atoms with Crippen LogP contribution >= 0.6 is 7.82 Å². The SMILES string of the molecule is CCCCC/C=C\C/C=C\CCCCCCCC(=O)OC(COCCCCCCCCCCCCCCCCCCC)COP(=O)(O)OCC[N+](C)(C)C. The van der Waals surface area contributed by atoms with Gasteiger partial charge in [-0.05, 0) is 44.9 Å². The number of likely N-dealkylation sites (N-methyl/N-ethyl adjacent to an activating group) is 1. The summed E-state index contributed by atoms with van der Waals surface area (Å²) >= 11 is 0. The molecule has 0 aliphatic heterocycles. The van der Waals surface area contributed by atoms with Crippen LogP contribution in [0.3, 0.4) is 0 Å². The van der Waals surface area contributed by atoms with E-state index in [-0.39, 0.29) is 25.8 Å². The average Bonchev–Trinajstić information content (AvgIpc) is 3.12. The lowest BCUT2D eigenvalue weighted by atomic mass is 10.0. The fraction of sp³-hybridized carbons (Fsp3) is 0.889. The van der Waals surface area contributed by atoms with Gasteiger partial charge in [0, 0.05) is 13.0 Å². The Bertz CT molecular complexity index is 920. The summed E-state index contributed by atoms with van der Waals surface area (Å²) in [6.07, 6.45) is 43.5. The third-order valence-corrected chi connectivity index (χ3v) is 10.7. The minimum Gasteiger partial charge on any atom is -0.457 e. The normalized spacial score (nSPS) is 14.0. The van der Waals surface area contributed by atoms with Gasteiger partial charge in [-0.3, -0.25) is 13.8 Å². The molecule has 54 heavy (non-hydrogen) atoms. The minimum atomic E-state index is -4.27. The number of unbranched alkanes of at least 4 members (excludes halogenated alkanes) is 24. The molecule has 0 bridgehead atoms. The lowest BCUT2D eigenvalue weighted by Gasteiger charge is -2.24. The zero-order chi connectivity index (χ0) is 39.9. The second-order valence-electron chi connectivity index (χ2n) is 16.4. The van der Waals surface area contributed by atoms with Crippen molar-refractivity contribution in [1.29, 1.82) is 0 Å². The fourth-order valence-corrected chi connectivity index (χ4v) is 6.97. The summed E-state index contributed by atoms with van der Waals surface area (Å²) in [4.78, 5) is 22.9. The minimum absolute atomic E-state index is 0.0877. The number of esters is 1. The molecule has 0 heterocycles. The Balaban J connectivity index is 4.21. The molecule has 1 N–H and O–H groups in total. The van der Waals surface area contributed by atoms with Gasteiger partial charge in [0.2, 0.25) is 0 Å². The first-order chi connectivity index (χ1) is 26.1. The van der Waals surface area contributed by atoms with Crippen molar-refractivity contribution in [3.05, 3.63) is 24.3 Å². The van der Waals surface area contributed by atoms with Crippen LogP contribution in [0.5, 0.6) is 0 Å². The Morgan fingerprint density at radius 1 is 0.574 bits per heavy atom. The van der Waals surface area contributed by atoms with Gasteiger partial charge in [0.05, 0.1) is 34.4 Å². The van der Waals surface area contributed by atoms with E-state index in [0.29, 0.717) is 24.1 Å². The number of hydrogen-bond donors (Lipinski definition) is 1. The second kappa shape index (κ2) is 38.8. The van der Waals surface area contributed by atoms with Crippen LogP contribution in [0.2, 0.25) is 0 Å². The molecule has 0 aromatic carbocycles. The van der Waals surface area contributed by atoms with Crippen LogP contribution in [0.1, 0.15) is 200 Å². The molecule has 2 unspecified atom stereocenters. The monoisotopic (exact) mass is 787 g/mol. The lowest BCUT2D eigenvalue weighted by Crippen LogP contribution is -2.37. The maximum absolute atomic E-state index is 12.7. The molecule has 0 saturated carbocycles. The zero-order valence-corrected chi connectivity index (χ0v) is 37.1. The van der Waals surface area contributed by atoms with Crippen LogP contribution in [0.4, 0.5) is 0 Å². The third-order valence-electron chi connectivity index (χ3n) is 9.77. The predicted octanol–water partition coefficient (Wildman–Crippen LogP) is 13.2. The fourth-order valence-electron chi connectivity index (χ4n) is 6.23. The van der Waals surface area contributed by atoms with Crippen LogP contribution in [0, 0.1) is 0 Å². The highest BCUT2D eigenvalue weighted by molar-refractivity contribution is 7.47. The molecular weight excluding hydrogens is 697 g/mol. The van der Waals surface area contributed by atoms with E-state index in [1.165, 1.54) is 122 Å². The van der Waals surface area contributed by atoms with Crippen LogP contribution in [0.25, 0.3) is 0 Å². The molecule has 0 aromatic rings. The zero-order valence-electron chi connectivity index (χ0n) is 36.2. The maximum atomic E-state index is 12.7. The van der Waals surface area contributed by atoms with Crippen LogP contribution < -0.4 is 0 Å². The van der Waals surface area contributed by atoms with Crippen molar-refractivity contribution in [3.63, 3.8) is 0 Å². The highest BCUT2D eigenvalue weighted by atomic mass is 31.2. The van der Waals surface area contributed by atoms with Gasteiger partial charge >= 0.3 is 13.8 Å². The predicted molar refractivity (Wildman–Crippen MR) is 229 cm³/mol. The third kappa shape index (κ3) is 42.1. The Hall–Kier alpha value is -1.02. The quantitative estimate of drug-likeness (QED) is 0.0217. The van der Waals surface area contributed by atoms with Crippen molar-refractivity contribution in [2.75, 3.05) is 54.1 Å². The van der Waals surface area contributed by atoms with Crippen molar-refractivity contribution in [2.24, 2.45) is 0 Å². The van der Waals surface area contributed by atoms with E-state index in [0.717, 1.165) is 57.8 Å². The highest BCUT2D eigenvalue weighted by Crippen LogP contribution is 2.43. The number of ether oxygens (including phenoxy) is 2. The molecule has 9 heteroatoms. The summed E-state index contributed by atoms with van der Waals surface area (Å²) in [6.45, 7) is 5.61. The number of phosphoric ester groups is 1. The molecule has 0 aliphatic rings. The summed E-state index contributed by atoms with van der Waals surface area (Å²) in [5.74, 6) is -0.325. The Kier molecular flexibility index (Phi) is 38.1. The van der Waals surface area contributed by atoms with Crippen molar-refractivity contribution >= 4 is 13.8 Å². The van der Waals surface area contributed by atoms with Crippen LogP contribution in [-0.4, -0.2) is 75.6 Å². The first kappa shape index (κ1) is 53.0. The van der Waals surface area contributed by atoms with Crippen molar-refractivity contribution in [1.82, 2.24) is 0 Å². The number of hydrogen-bond acceptors (Lipinski definition) is 6. The van der Waals surface area contributed by atoms with Gasteiger partial charge in [-0.1, -0.05) is 173 Å². The Labute approximate surface area is 334 Å². The first-order valence-electron chi connectivity index (χ1n) is 22.6. The molecule has 0 radical (unpaired) electrons. The van der Waals surface area contributed by atoms with Crippen molar-refractivity contribution < 1.29 is 37.3 Å². The number of nitrogens with zero attached hydrogens (tertiary/aromatic N) is 1. The molecule has 0 fully saturated rings. The van der Waals surface area contributed by atoms with Gasteiger partial charge in [-0.15, -0.1) is 0 Å². The Morgan fingerprint density at radius 2 is 1.02 bits per heavy atom. The summed E-state index contributed by atoms with van der Waals surface area (Å²) in [6, 6.07) is 0. The summed E-state index contributed by atoms with van der Waals surface area (Å²) in [5.41, 5.74) is 0. The number of rotatable bonds is 42. The van der Waals surface area contributed by atoms with Gasteiger partial charge in [-0.2, -0.15) is 0 Å². The van der Waals surface area contributed by atoms with E-state index < -0.39 is 13.9 Å². The molecule has 0 amide bonds. The number of carbonyl (C=O) groups excluding carboxylic acids is 1. The van der Waals surface area contributed by atoms with Gasteiger partial charge in [0.15, 0.2) is 0 Å². The summed E-state index contributed by atoms with van der Waals surface area (Å²) in [5, 5.41) is 0. The summed E-state index contributed by atoms with van der Waals surface area (Å²) in [7, 11) is 1.66. The van der Waals surface area contributed by atoms with Crippen LogP contribution in [0.15, 0.2) is 24.3 Å². The largest absolute Gasteiger partial charge is 0.472 e. The molecule has 2 atom stereocenters. The molecule has 0 aliphatic carbocycles. The molecule has 8 nitrogen and oxygen atoms in total. The number of quaternary nitrogens is 1. The van der Waals surface area contributed by atoms with E-state index in [1.54, 1.807) is 0 Å². The standard InChI is InChI=1S/C45H88NO7P/c1-6-8-10-12-14-16-18-20-22-23-25-27-29-31-33-35-37-40-50-42-44(43-52-54(48,49)51-41-39-46(3,4)5)53-45(47)38-36-34-32-30-28-26-24-21-19-17-15-13-11-9-7-2/h15,17,21,24,44H,6-14,16,18-20,22-23,25-43H2,1-5H3/p+1/b17-15-,24-21-. The van der Waals surface area contributed by atoms with Crippen LogP contribution in [-0.2, 0) is 27.9 Å². The molecule has 0 saturated heterocycles. The molecule has 320 valence electrons. The van der Waals surface area contributed by atoms with Gasteiger partial charge in [0.25, 0.3) is 0 Å². The highest BCUT2D eigenvalue weighted by Gasteiger charge is 2.26. The van der Waals surface area contributed by atoms with Gasteiger partial charge in [-0.25, -0.2) is 4.57 Å². The van der Waals surface area contributed by atoms with Gasteiger partial charge < -0.3 is 18.9 Å². The first-order valence-corrected chi connectivity index (χ1v) is 24.1. The number of allylic oxidation sites excluding steroid dienone is 4. The van der Waals surface area contributed by atoms with Gasteiger partial charge in [0.1, 0.15) is 19.3 Å². The van der Waals surface area contributed by atoms with E-state index in [2.05, 4.69) is 38.2 Å². The van der Waals surface area contributed by atoms with Crippen molar-refractivity contribution in [3.8, 4) is 0 Å². The van der Waals surface area contributed by atoms with E-state index in [4.69, 9.17) is 18.5 Å². The average molecular weight is 787 g/mol. The number of carbonyl (C=O) groups is 1. The topological polar surface area (TPSA) is 91.3 Å². The smallest absolute Gasteiger partial charge is 0.457 e. The lowest BCUT2D eigenvalue weighted by molar-refractivity contribution is -0.870. The molecule has 0 rings (SSSR count). The number of phosphoric acid groups is 1. The Morgan fingerprint density at radius 3 is 1.54 bits per heavy atom. The van der Waals surface area contributed by atoms with Crippen molar-refractivity contribution in [2.45, 2.75) is 206 Å².